The van der Waals surface area contributed by atoms with Crippen LogP contribution in [0, 0.1) is 18.3 Å². The smallest absolute Gasteiger partial charge is 0.322 e. The lowest BCUT2D eigenvalue weighted by Gasteiger charge is -2.21. The molecule has 106 valence electrons. The Kier molecular flexibility index (Phi) is 4.04. The van der Waals surface area contributed by atoms with Gasteiger partial charge in [0.15, 0.2) is 0 Å². The Balaban J connectivity index is 2.46. The van der Waals surface area contributed by atoms with Crippen LogP contribution in [0.15, 0.2) is 23.1 Å². The first-order chi connectivity index (χ1) is 9.37. The van der Waals surface area contributed by atoms with E-state index in [2.05, 4.69) is 0 Å². The molecule has 1 aromatic rings. The number of hydrogen-bond donors (Lipinski definition) is 1. The molecular formula is C12H12N2O4S2. The molecule has 6 nitrogen and oxygen atoms in total. The van der Waals surface area contributed by atoms with Crippen molar-refractivity contribution in [3.05, 3.63) is 29.3 Å². The highest BCUT2D eigenvalue weighted by atomic mass is 32.2. The van der Waals surface area contributed by atoms with Gasteiger partial charge in [0.05, 0.1) is 22.4 Å². The molecule has 1 N–H and O–H groups in total. The fourth-order valence-corrected chi connectivity index (χ4v) is 5.34. The second-order valence-corrected chi connectivity index (χ2v) is 7.20. The molecule has 0 aromatic heterocycles. The Bertz CT molecular complexity index is 694. The zero-order chi connectivity index (χ0) is 14.9. The molecule has 2 rings (SSSR count). The SMILES string of the molecule is Cc1cc(C#N)ccc1S(=O)(=O)N1CSC[C@H]1C(=O)O. The molecule has 0 saturated carbocycles. The summed E-state index contributed by atoms with van der Waals surface area (Å²) in [4.78, 5) is 11.2. The van der Waals surface area contributed by atoms with Gasteiger partial charge >= 0.3 is 5.97 Å². The first-order valence-electron chi connectivity index (χ1n) is 5.71. The summed E-state index contributed by atoms with van der Waals surface area (Å²) in [5.74, 6) is -0.785. The third-order valence-electron chi connectivity index (χ3n) is 3.02. The molecule has 1 heterocycles. The Hall–Kier alpha value is -1.56. The summed E-state index contributed by atoms with van der Waals surface area (Å²) in [6, 6.07) is 5.14. The summed E-state index contributed by atoms with van der Waals surface area (Å²) in [5.41, 5.74) is 0.803. The number of aliphatic carboxylic acids is 1. The molecule has 20 heavy (non-hydrogen) atoms. The van der Waals surface area contributed by atoms with Crippen LogP contribution in [0.5, 0.6) is 0 Å². The van der Waals surface area contributed by atoms with E-state index in [9.17, 15) is 13.2 Å². The first kappa shape index (κ1) is 14.8. The van der Waals surface area contributed by atoms with Crippen molar-refractivity contribution in [1.82, 2.24) is 4.31 Å². The zero-order valence-corrected chi connectivity index (χ0v) is 12.2. The summed E-state index contributed by atoms with van der Waals surface area (Å²) < 4.78 is 26.1. The lowest BCUT2D eigenvalue weighted by atomic mass is 10.2. The maximum atomic E-state index is 12.5. The predicted molar refractivity (Wildman–Crippen MR) is 73.7 cm³/mol. The number of nitriles is 1. The summed E-state index contributed by atoms with van der Waals surface area (Å²) >= 11 is 1.27. The van der Waals surface area contributed by atoms with Crippen LogP contribution in [-0.4, -0.2) is 41.5 Å². The van der Waals surface area contributed by atoms with Crippen molar-refractivity contribution in [3.8, 4) is 6.07 Å². The first-order valence-corrected chi connectivity index (χ1v) is 8.30. The number of rotatable bonds is 3. The highest BCUT2D eigenvalue weighted by Crippen LogP contribution is 2.30. The van der Waals surface area contributed by atoms with Crippen LogP contribution >= 0.6 is 11.8 Å². The van der Waals surface area contributed by atoms with Gasteiger partial charge in [0.2, 0.25) is 10.0 Å². The van der Waals surface area contributed by atoms with Crippen LogP contribution in [-0.2, 0) is 14.8 Å². The van der Waals surface area contributed by atoms with Gasteiger partial charge in [-0.15, -0.1) is 11.8 Å². The maximum absolute atomic E-state index is 12.5. The largest absolute Gasteiger partial charge is 0.480 e. The van der Waals surface area contributed by atoms with Gasteiger partial charge in [0.25, 0.3) is 0 Å². The van der Waals surface area contributed by atoms with Crippen LogP contribution in [0.1, 0.15) is 11.1 Å². The zero-order valence-electron chi connectivity index (χ0n) is 10.6. The van der Waals surface area contributed by atoms with E-state index in [1.54, 1.807) is 6.92 Å². The molecule has 1 atom stereocenters. The maximum Gasteiger partial charge on any atom is 0.322 e. The number of nitrogens with zero attached hydrogens (tertiary/aromatic N) is 2. The predicted octanol–water partition coefficient (Wildman–Crippen LogP) is 1.01. The minimum absolute atomic E-state index is 0.0465. The van der Waals surface area contributed by atoms with Crippen LogP contribution in [0.4, 0.5) is 0 Å². The van der Waals surface area contributed by atoms with Crippen molar-refractivity contribution in [2.75, 3.05) is 11.6 Å². The van der Waals surface area contributed by atoms with Crippen LogP contribution in [0.25, 0.3) is 0 Å². The van der Waals surface area contributed by atoms with Gasteiger partial charge in [-0.2, -0.15) is 9.57 Å². The second kappa shape index (κ2) is 5.44. The summed E-state index contributed by atoms with van der Waals surface area (Å²) in [7, 11) is -3.87. The lowest BCUT2D eigenvalue weighted by Crippen LogP contribution is -2.41. The molecule has 0 spiro atoms. The van der Waals surface area contributed by atoms with Crippen LogP contribution < -0.4 is 0 Å². The number of sulfonamides is 1. The Labute approximate surface area is 121 Å². The fraction of sp³-hybridized carbons (Fsp3) is 0.333. The third-order valence-corrected chi connectivity index (χ3v) is 6.21. The van der Waals surface area contributed by atoms with Gasteiger partial charge < -0.3 is 5.11 Å². The number of carbonyl (C=O) groups is 1. The molecule has 0 unspecified atom stereocenters. The number of thioether (sulfide) groups is 1. The quantitative estimate of drug-likeness (QED) is 0.894. The molecule has 1 saturated heterocycles. The fourth-order valence-electron chi connectivity index (χ4n) is 1.99. The molecule has 0 bridgehead atoms. The van der Waals surface area contributed by atoms with Crippen molar-refractivity contribution >= 4 is 27.8 Å². The van der Waals surface area contributed by atoms with Crippen molar-refractivity contribution in [3.63, 3.8) is 0 Å². The average molecular weight is 312 g/mol. The topological polar surface area (TPSA) is 98.5 Å². The van der Waals surface area contributed by atoms with Gasteiger partial charge in [-0.05, 0) is 30.7 Å². The van der Waals surface area contributed by atoms with Crippen LogP contribution in [0.3, 0.4) is 0 Å². The molecule has 0 amide bonds. The molecule has 1 fully saturated rings. The molecule has 0 radical (unpaired) electrons. The number of aryl methyl sites for hydroxylation is 1. The molecular weight excluding hydrogens is 300 g/mol. The van der Waals surface area contributed by atoms with Crippen molar-refractivity contribution in [2.45, 2.75) is 17.9 Å². The van der Waals surface area contributed by atoms with E-state index in [4.69, 9.17) is 10.4 Å². The van der Waals surface area contributed by atoms with Gasteiger partial charge in [0.1, 0.15) is 6.04 Å². The van der Waals surface area contributed by atoms with E-state index in [0.717, 1.165) is 4.31 Å². The van der Waals surface area contributed by atoms with Crippen LogP contribution in [0.2, 0.25) is 0 Å². The average Bonchev–Trinajstić information content (AvgIpc) is 2.88. The van der Waals surface area contributed by atoms with Gasteiger partial charge in [-0.25, -0.2) is 8.42 Å². The van der Waals surface area contributed by atoms with Crippen molar-refractivity contribution < 1.29 is 18.3 Å². The van der Waals surface area contributed by atoms with E-state index in [1.165, 1.54) is 30.0 Å². The Morgan fingerprint density at radius 3 is 2.80 bits per heavy atom. The second-order valence-electron chi connectivity index (χ2n) is 4.34. The molecule has 1 aliphatic heterocycles. The highest BCUT2D eigenvalue weighted by molar-refractivity contribution is 8.00. The molecule has 1 aromatic carbocycles. The molecule has 8 heteroatoms. The highest BCUT2D eigenvalue weighted by Gasteiger charge is 2.40. The van der Waals surface area contributed by atoms with E-state index in [0.29, 0.717) is 11.1 Å². The number of carboxylic acids is 1. The van der Waals surface area contributed by atoms with Crippen molar-refractivity contribution in [1.29, 1.82) is 5.26 Å². The normalized spacial score (nSPS) is 19.7. The number of carboxylic acid groups (broad SMARTS) is 1. The van der Waals surface area contributed by atoms with E-state index < -0.39 is 22.0 Å². The van der Waals surface area contributed by atoms with Gasteiger partial charge in [0, 0.05) is 5.75 Å². The molecule has 0 aliphatic carbocycles. The van der Waals surface area contributed by atoms with Crippen molar-refractivity contribution in [2.24, 2.45) is 0 Å². The van der Waals surface area contributed by atoms with Gasteiger partial charge in [-0.3, -0.25) is 4.79 Å². The number of hydrogen-bond acceptors (Lipinski definition) is 5. The summed E-state index contributed by atoms with van der Waals surface area (Å²) in [6.07, 6.45) is 0. The monoisotopic (exact) mass is 312 g/mol. The summed E-state index contributed by atoms with van der Waals surface area (Å²) in [6.45, 7) is 1.59. The number of benzene rings is 1. The Morgan fingerprint density at radius 2 is 2.25 bits per heavy atom. The lowest BCUT2D eigenvalue weighted by molar-refractivity contribution is -0.140. The standard InChI is InChI=1S/C12H12N2O4S2/c1-8-4-9(5-13)2-3-11(8)20(17,18)14-7-19-6-10(14)12(15)16/h2-4,10H,6-7H2,1H3,(H,15,16)/t10-/m0/s1. The van der Waals surface area contributed by atoms with E-state index in [1.807, 2.05) is 6.07 Å². The summed E-state index contributed by atoms with van der Waals surface area (Å²) in [5, 5.41) is 17.9. The Morgan fingerprint density at radius 1 is 1.55 bits per heavy atom. The minimum atomic E-state index is -3.87. The van der Waals surface area contributed by atoms with Gasteiger partial charge in [-0.1, -0.05) is 0 Å². The third kappa shape index (κ3) is 2.52. The van der Waals surface area contributed by atoms with E-state index in [-0.39, 0.29) is 16.5 Å². The minimum Gasteiger partial charge on any atom is -0.480 e. The molecule has 1 aliphatic rings. The van der Waals surface area contributed by atoms with E-state index >= 15 is 0 Å².